The van der Waals surface area contributed by atoms with Gasteiger partial charge in [0.1, 0.15) is 0 Å². The van der Waals surface area contributed by atoms with Gasteiger partial charge in [-0.2, -0.15) is 10.2 Å². The molecule has 0 radical (unpaired) electrons. The van der Waals surface area contributed by atoms with Gasteiger partial charge in [-0.3, -0.25) is 11.1 Å². The lowest BCUT2D eigenvalue weighted by molar-refractivity contribution is -0.180. The number of primary amides is 1. The van der Waals surface area contributed by atoms with Crippen LogP contribution < -0.4 is 27.1 Å². The van der Waals surface area contributed by atoms with Gasteiger partial charge in [0.25, 0.3) is 0 Å². The fraction of sp³-hybridized carbons (Fsp3) is 0. The first-order valence-electron chi connectivity index (χ1n) is 2.14. The van der Waals surface area contributed by atoms with Gasteiger partial charge in [-0.05, 0) is 4.57 Å². The van der Waals surface area contributed by atoms with E-state index in [0.29, 0.717) is 0 Å². The fourth-order valence-corrected chi connectivity index (χ4v) is 0.142. The molecule has 8 nitrogen and oxygen atoms in total. The Hall–Kier alpha value is -1.24. The standard InChI is InChI=1S/C2H6N4O.HO3P/c3-1(4)6-2(5)7;1-4(2)3/h(H6,3,4,5,6,7);(H,1,2,3)/p+1. The van der Waals surface area contributed by atoms with Crippen LogP contribution in [0.5, 0.6) is 0 Å². The molecule has 0 aromatic heterocycles. The Kier molecular flexibility index (Phi) is 7.77. The van der Waals surface area contributed by atoms with Gasteiger partial charge >= 0.3 is 20.2 Å². The van der Waals surface area contributed by atoms with Gasteiger partial charge in [0.15, 0.2) is 0 Å². The van der Waals surface area contributed by atoms with Gasteiger partial charge in [-0.15, -0.1) is 0 Å². The van der Waals surface area contributed by atoms with Crippen molar-refractivity contribution in [2.24, 2.45) is 11.5 Å². The van der Waals surface area contributed by atoms with E-state index in [4.69, 9.17) is 25.5 Å². The van der Waals surface area contributed by atoms with E-state index >= 15 is 0 Å². The van der Waals surface area contributed by atoms with Crippen molar-refractivity contribution in [3.05, 3.63) is 0 Å². The topological polar surface area (TPSA) is 167 Å². The summed E-state index contributed by atoms with van der Waals surface area (Å²) in [7, 11) is -3.12. The zero-order chi connectivity index (χ0) is 9.44. The second-order valence-corrected chi connectivity index (χ2v) is 1.66. The van der Waals surface area contributed by atoms with Gasteiger partial charge in [0.2, 0.25) is 0 Å². The second kappa shape index (κ2) is 6.87. The fourth-order valence-electron chi connectivity index (χ4n) is 0.142. The Bertz CT molecular complexity index is 153. The zero-order valence-electron chi connectivity index (χ0n) is 5.35. The molecular weight excluding hydrogens is 175 g/mol. The third-order valence-electron chi connectivity index (χ3n) is 0.268. The third kappa shape index (κ3) is 52.6. The van der Waals surface area contributed by atoms with Crippen LogP contribution in [0.3, 0.4) is 0 Å². The average molecular weight is 183 g/mol. The van der Waals surface area contributed by atoms with Gasteiger partial charge in [0.05, 0.1) is 0 Å². The van der Waals surface area contributed by atoms with Crippen molar-refractivity contribution in [1.82, 2.24) is 5.32 Å². The highest BCUT2D eigenvalue weighted by atomic mass is 31.1. The number of nitrogens with one attached hydrogen (secondary N) is 1. The van der Waals surface area contributed by atoms with E-state index in [-0.39, 0.29) is 5.96 Å². The van der Waals surface area contributed by atoms with Crippen molar-refractivity contribution in [1.29, 1.82) is 0 Å². The molecule has 0 aliphatic carbocycles. The minimum atomic E-state index is -3.12. The summed E-state index contributed by atoms with van der Waals surface area (Å²) in [6.45, 7) is 0. The molecule has 0 saturated heterocycles. The maximum Gasteiger partial charge on any atom is 0.485 e. The van der Waals surface area contributed by atoms with Crippen LogP contribution in [0.4, 0.5) is 4.79 Å². The summed E-state index contributed by atoms with van der Waals surface area (Å²) in [6.07, 6.45) is 0. The first-order valence-corrected chi connectivity index (χ1v) is 3.27. The SMILES string of the molecule is NC(=[NH2+])NC(N)=O.O=[P+]([O-])O. The van der Waals surface area contributed by atoms with Crippen LogP contribution in [-0.2, 0) is 4.57 Å². The molecule has 1 atom stereocenters. The Morgan fingerprint density at radius 3 is 1.91 bits per heavy atom. The number of carbonyl (C=O) groups excluding carboxylic acids is 1. The van der Waals surface area contributed by atoms with Crippen molar-refractivity contribution in [2.75, 3.05) is 0 Å². The minimum absolute atomic E-state index is 0.187. The van der Waals surface area contributed by atoms with Crippen molar-refractivity contribution in [3.63, 3.8) is 0 Å². The number of urea groups is 1. The molecule has 0 rings (SSSR count). The molecule has 0 saturated carbocycles. The molecule has 2 amide bonds. The van der Waals surface area contributed by atoms with Crippen LogP contribution in [0.25, 0.3) is 0 Å². The molecule has 8 N–H and O–H groups in total. The Balaban J connectivity index is 0. The molecule has 0 fully saturated rings. The first kappa shape index (κ1) is 12.4. The van der Waals surface area contributed by atoms with Gasteiger partial charge in [-0.1, -0.05) is 0 Å². The molecule has 0 heterocycles. The Labute approximate surface area is 62.7 Å². The Morgan fingerprint density at radius 1 is 1.64 bits per heavy atom. The second-order valence-electron chi connectivity index (χ2n) is 1.18. The van der Waals surface area contributed by atoms with Crippen molar-refractivity contribution in [2.45, 2.75) is 0 Å². The average Bonchev–Trinajstić information content (AvgIpc) is 1.56. The molecule has 0 spiro atoms. The van der Waals surface area contributed by atoms with E-state index in [1.165, 1.54) is 0 Å². The number of guanidine groups is 1. The van der Waals surface area contributed by atoms with E-state index in [1.54, 1.807) is 0 Å². The molecular formula is C2H8N4O4P+. The third-order valence-corrected chi connectivity index (χ3v) is 0.268. The largest absolute Gasteiger partial charge is 0.567 e. The van der Waals surface area contributed by atoms with Crippen LogP contribution in [0.1, 0.15) is 0 Å². The lowest BCUT2D eigenvalue weighted by Crippen LogP contribution is -2.57. The van der Waals surface area contributed by atoms with Crippen molar-refractivity contribution < 1.29 is 24.6 Å². The van der Waals surface area contributed by atoms with Crippen molar-refractivity contribution >= 4 is 20.2 Å². The molecule has 1 unspecified atom stereocenters. The molecule has 0 aromatic carbocycles. The lowest BCUT2D eigenvalue weighted by atomic mass is 10.9. The lowest BCUT2D eigenvalue weighted by Gasteiger charge is -1.83. The predicted molar refractivity (Wildman–Crippen MR) is 33.7 cm³/mol. The number of hydrogen-bond donors (Lipinski definition) is 5. The van der Waals surface area contributed by atoms with Crippen LogP contribution in [0.2, 0.25) is 0 Å². The minimum Gasteiger partial charge on any atom is -0.567 e. The smallest absolute Gasteiger partial charge is 0.485 e. The summed E-state index contributed by atoms with van der Waals surface area (Å²) < 4.78 is 8.59. The quantitative estimate of drug-likeness (QED) is 0.145. The first-order chi connectivity index (χ1) is 4.86. The van der Waals surface area contributed by atoms with Crippen LogP contribution in [-0.4, -0.2) is 16.9 Å². The Morgan fingerprint density at radius 2 is 1.91 bits per heavy atom. The summed E-state index contributed by atoms with van der Waals surface area (Å²) >= 11 is 0. The van der Waals surface area contributed by atoms with Gasteiger partial charge < -0.3 is 10.6 Å². The molecule has 0 bridgehead atoms. The van der Waals surface area contributed by atoms with Gasteiger partial charge in [0, 0.05) is 0 Å². The van der Waals surface area contributed by atoms with Crippen molar-refractivity contribution in [3.8, 4) is 0 Å². The summed E-state index contributed by atoms with van der Waals surface area (Å²) in [4.78, 5) is 25.3. The zero-order valence-corrected chi connectivity index (χ0v) is 6.25. The summed E-state index contributed by atoms with van der Waals surface area (Å²) in [5, 5.41) is 6.69. The molecule has 9 heteroatoms. The van der Waals surface area contributed by atoms with Crippen LogP contribution in [0.15, 0.2) is 0 Å². The number of nitrogens with two attached hydrogens (primary N) is 3. The summed E-state index contributed by atoms with van der Waals surface area (Å²) in [6, 6.07) is -0.750. The predicted octanol–water partition coefficient (Wildman–Crippen LogP) is -4.28. The molecule has 0 aliphatic rings. The monoisotopic (exact) mass is 183 g/mol. The van der Waals surface area contributed by atoms with Crippen LogP contribution >= 0.6 is 8.25 Å². The maximum absolute atomic E-state index is 9.74. The number of hydrogen-bond acceptors (Lipinski definition) is 3. The molecule has 64 valence electrons. The normalized spacial score (nSPS) is 8.73. The molecule has 0 aliphatic heterocycles. The maximum atomic E-state index is 9.74. The van der Waals surface area contributed by atoms with E-state index in [9.17, 15) is 4.79 Å². The highest BCUT2D eigenvalue weighted by molar-refractivity contribution is 7.29. The molecule has 0 aromatic rings. The summed E-state index contributed by atoms with van der Waals surface area (Å²) in [5.41, 5.74) is 9.34. The number of rotatable bonds is 0. The number of carbonyl (C=O) groups is 1. The van der Waals surface area contributed by atoms with Crippen LogP contribution in [0, 0.1) is 0 Å². The van der Waals surface area contributed by atoms with E-state index in [2.05, 4.69) is 5.73 Å². The highest BCUT2D eigenvalue weighted by Crippen LogP contribution is 1.89. The van der Waals surface area contributed by atoms with E-state index in [0.717, 1.165) is 0 Å². The van der Waals surface area contributed by atoms with E-state index < -0.39 is 14.3 Å². The number of amides is 2. The van der Waals surface area contributed by atoms with E-state index in [1.807, 2.05) is 5.32 Å². The highest BCUT2D eigenvalue weighted by Gasteiger charge is 1.96. The molecule has 11 heavy (non-hydrogen) atoms. The summed E-state index contributed by atoms with van der Waals surface area (Å²) in [5.74, 6) is -0.187. The van der Waals surface area contributed by atoms with Gasteiger partial charge in [-0.25, -0.2) is 4.79 Å².